The first kappa shape index (κ1) is 19.6. The van der Waals surface area contributed by atoms with E-state index in [1.165, 1.54) is 0 Å². The van der Waals surface area contributed by atoms with Crippen LogP contribution in [0.3, 0.4) is 0 Å². The predicted octanol–water partition coefficient (Wildman–Crippen LogP) is 3.71. The van der Waals surface area contributed by atoms with Crippen LogP contribution in [0.1, 0.15) is 18.0 Å². The number of methoxy groups -OCH3 is 1. The molecule has 0 bridgehead atoms. The van der Waals surface area contributed by atoms with Crippen molar-refractivity contribution in [3.8, 4) is 5.75 Å². The molecular weight excluding hydrogens is 384 g/mol. The summed E-state index contributed by atoms with van der Waals surface area (Å²) >= 11 is 1.63. The Morgan fingerprint density at radius 2 is 1.97 bits per heavy atom. The number of carbonyl (C=O) groups excluding carboxylic acids is 1. The molecule has 1 aromatic heterocycles. The number of rotatable bonds is 6. The molecule has 1 saturated heterocycles. The number of carbonyl (C=O) groups is 1. The Kier molecular flexibility index (Phi) is 5.94. The standard InChI is InChI=1S/C22H26N4O2S/c1-16(22-23-19-8-3-4-9-20(19)24-22)29-15-21(27)26-12-10-25(11-13-26)17-6-5-7-18(14-17)28-2/h3-9,14,16H,10-13,15H2,1-2H3,(H,23,24). The lowest BCUT2D eigenvalue weighted by Gasteiger charge is -2.36. The summed E-state index contributed by atoms with van der Waals surface area (Å²) in [7, 11) is 1.68. The first-order valence-electron chi connectivity index (χ1n) is 9.87. The van der Waals surface area contributed by atoms with Gasteiger partial charge in [-0.25, -0.2) is 4.98 Å². The summed E-state index contributed by atoms with van der Waals surface area (Å²) < 4.78 is 5.31. The van der Waals surface area contributed by atoms with Crippen LogP contribution < -0.4 is 9.64 Å². The van der Waals surface area contributed by atoms with Gasteiger partial charge in [-0.15, -0.1) is 11.8 Å². The molecule has 1 amide bonds. The monoisotopic (exact) mass is 410 g/mol. The van der Waals surface area contributed by atoms with Crippen LogP contribution in [0.2, 0.25) is 0 Å². The van der Waals surface area contributed by atoms with Gasteiger partial charge < -0.3 is 19.5 Å². The Bertz CT molecular complexity index is 949. The number of aromatic amines is 1. The van der Waals surface area contributed by atoms with E-state index in [1.54, 1.807) is 18.9 Å². The minimum atomic E-state index is 0.143. The van der Waals surface area contributed by atoms with Gasteiger partial charge in [0.2, 0.25) is 5.91 Å². The highest BCUT2D eigenvalue weighted by Crippen LogP contribution is 2.28. The number of amides is 1. The molecule has 1 N–H and O–H groups in total. The molecule has 2 heterocycles. The zero-order chi connectivity index (χ0) is 20.2. The van der Waals surface area contributed by atoms with E-state index in [4.69, 9.17) is 4.74 Å². The molecule has 1 aliphatic rings. The highest BCUT2D eigenvalue weighted by Gasteiger charge is 2.22. The molecule has 0 saturated carbocycles. The van der Waals surface area contributed by atoms with Crippen molar-refractivity contribution in [1.29, 1.82) is 0 Å². The van der Waals surface area contributed by atoms with Crippen LogP contribution in [0.5, 0.6) is 5.75 Å². The quantitative estimate of drug-likeness (QED) is 0.671. The lowest BCUT2D eigenvalue weighted by molar-refractivity contribution is -0.128. The fourth-order valence-electron chi connectivity index (χ4n) is 3.55. The second-order valence-electron chi connectivity index (χ2n) is 7.16. The summed E-state index contributed by atoms with van der Waals surface area (Å²) in [6.45, 7) is 5.26. The van der Waals surface area contributed by atoms with Crippen LogP contribution in [0.25, 0.3) is 11.0 Å². The van der Waals surface area contributed by atoms with Crippen molar-refractivity contribution in [2.24, 2.45) is 0 Å². The fraction of sp³-hybridized carbons (Fsp3) is 0.364. The number of imidazole rings is 1. The lowest BCUT2D eigenvalue weighted by Crippen LogP contribution is -2.49. The van der Waals surface area contributed by atoms with Crippen molar-refractivity contribution >= 4 is 34.4 Å². The van der Waals surface area contributed by atoms with Crippen LogP contribution in [0.15, 0.2) is 48.5 Å². The normalized spacial score (nSPS) is 15.5. The van der Waals surface area contributed by atoms with Gasteiger partial charge in [-0.2, -0.15) is 0 Å². The van der Waals surface area contributed by atoms with E-state index in [2.05, 4.69) is 27.9 Å². The molecule has 6 nitrogen and oxygen atoms in total. The third-order valence-electron chi connectivity index (χ3n) is 5.30. The van der Waals surface area contributed by atoms with Crippen LogP contribution in [-0.4, -0.2) is 59.8 Å². The number of para-hydroxylation sites is 2. The van der Waals surface area contributed by atoms with Crippen LogP contribution in [-0.2, 0) is 4.79 Å². The van der Waals surface area contributed by atoms with Gasteiger partial charge in [0.05, 0.1) is 29.1 Å². The van der Waals surface area contributed by atoms with Crippen molar-refractivity contribution in [3.63, 3.8) is 0 Å². The van der Waals surface area contributed by atoms with Crippen molar-refractivity contribution in [2.45, 2.75) is 12.2 Å². The van der Waals surface area contributed by atoms with Crippen molar-refractivity contribution in [3.05, 3.63) is 54.4 Å². The Balaban J connectivity index is 1.28. The zero-order valence-corrected chi connectivity index (χ0v) is 17.6. The number of hydrogen-bond donors (Lipinski definition) is 1. The molecule has 0 aliphatic carbocycles. The number of fused-ring (bicyclic) bond motifs is 1. The number of thioether (sulfide) groups is 1. The number of hydrogen-bond acceptors (Lipinski definition) is 5. The van der Waals surface area contributed by atoms with E-state index in [0.29, 0.717) is 5.75 Å². The van der Waals surface area contributed by atoms with Crippen molar-refractivity contribution in [2.75, 3.05) is 43.9 Å². The average Bonchev–Trinajstić information content (AvgIpc) is 3.22. The highest BCUT2D eigenvalue weighted by atomic mass is 32.2. The molecule has 1 unspecified atom stereocenters. The van der Waals surface area contributed by atoms with Gasteiger partial charge >= 0.3 is 0 Å². The predicted molar refractivity (Wildman–Crippen MR) is 119 cm³/mol. The number of piperazine rings is 1. The average molecular weight is 411 g/mol. The summed E-state index contributed by atoms with van der Waals surface area (Å²) in [4.78, 5) is 25.0. The number of benzene rings is 2. The van der Waals surface area contributed by atoms with Crippen LogP contribution in [0, 0.1) is 0 Å². The maximum atomic E-state index is 12.7. The van der Waals surface area contributed by atoms with Gasteiger partial charge in [0.1, 0.15) is 11.6 Å². The topological polar surface area (TPSA) is 61.5 Å². The number of aromatic nitrogens is 2. The van der Waals surface area contributed by atoms with Crippen LogP contribution >= 0.6 is 11.8 Å². The van der Waals surface area contributed by atoms with Crippen LogP contribution in [0.4, 0.5) is 5.69 Å². The molecule has 0 spiro atoms. The number of H-pyrrole nitrogens is 1. The van der Waals surface area contributed by atoms with E-state index in [0.717, 1.165) is 54.5 Å². The number of nitrogens with one attached hydrogen (secondary N) is 1. The summed E-state index contributed by atoms with van der Waals surface area (Å²) in [6, 6.07) is 16.1. The summed E-state index contributed by atoms with van der Waals surface area (Å²) in [5, 5.41) is 0.143. The molecule has 3 aromatic rings. The zero-order valence-electron chi connectivity index (χ0n) is 16.8. The lowest BCUT2D eigenvalue weighted by atomic mass is 10.2. The Labute approximate surface area is 175 Å². The van der Waals surface area contributed by atoms with Gasteiger partial charge in [-0.05, 0) is 31.2 Å². The van der Waals surface area contributed by atoms with E-state index in [-0.39, 0.29) is 11.2 Å². The number of anilines is 1. The van der Waals surface area contributed by atoms with Gasteiger partial charge in [0.25, 0.3) is 0 Å². The Hall–Kier alpha value is -2.67. The maximum absolute atomic E-state index is 12.7. The van der Waals surface area contributed by atoms with E-state index in [9.17, 15) is 4.79 Å². The van der Waals surface area contributed by atoms with Crippen molar-refractivity contribution in [1.82, 2.24) is 14.9 Å². The maximum Gasteiger partial charge on any atom is 0.232 e. The van der Waals surface area contributed by atoms with Gasteiger partial charge in [0.15, 0.2) is 0 Å². The van der Waals surface area contributed by atoms with E-state index < -0.39 is 0 Å². The molecule has 4 rings (SSSR count). The molecular formula is C22H26N4O2S. The molecule has 1 fully saturated rings. The fourth-order valence-corrected chi connectivity index (χ4v) is 4.40. The third-order valence-corrected chi connectivity index (χ3v) is 6.44. The van der Waals surface area contributed by atoms with Gasteiger partial charge in [-0.3, -0.25) is 4.79 Å². The van der Waals surface area contributed by atoms with Gasteiger partial charge in [0, 0.05) is 37.9 Å². The highest BCUT2D eigenvalue weighted by molar-refractivity contribution is 8.00. The SMILES string of the molecule is COc1cccc(N2CCN(C(=O)CSC(C)c3nc4ccccc4[nH]3)CC2)c1. The summed E-state index contributed by atoms with van der Waals surface area (Å²) in [6.07, 6.45) is 0. The molecule has 1 atom stereocenters. The molecule has 29 heavy (non-hydrogen) atoms. The Morgan fingerprint density at radius 1 is 1.17 bits per heavy atom. The minimum absolute atomic E-state index is 0.143. The first-order valence-corrected chi connectivity index (χ1v) is 10.9. The first-order chi connectivity index (χ1) is 14.1. The second-order valence-corrected chi connectivity index (χ2v) is 8.49. The molecule has 0 radical (unpaired) electrons. The van der Waals surface area contributed by atoms with E-state index in [1.807, 2.05) is 47.4 Å². The van der Waals surface area contributed by atoms with Gasteiger partial charge in [-0.1, -0.05) is 18.2 Å². The summed E-state index contributed by atoms with van der Waals surface area (Å²) in [5.74, 6) is 2.45. The smallest absolute Gasteiger partial charge is 0.232 e. The molecule has 152 valence electrons. The third kappa shape index (κ3) is 4.50. The van der Waals surface area contributed by atoms with E-state index >= 15 is 0 Å². The number of nitrogens with zero attached hydrogens (tertiary/aromatic N) is 3. The Morgan fingerprint density at radius 3 is 2.72 bits per heavy atom. The molecule has 2 aromatic carbocycles. The minimum Gasteiger partial charge on any atom is -0.497 e. The second kappa shape index (κ2) is 8.78. The summed E-state index contributed by atoms with van der Waals surface area (Å²) in [5.41, 5.74) is 3.15. The largest absolute Gasteiger partial charge is 0.497 e. The van der Waals surface area contributed by atoms with Crippen molar-refractivity contribution < 1.29 is 9.53 Å². The molecule has 7 heteroatoms. The number of ether oxygens (including phenoxy) is 1. The molecule has 1 aliphatic heterocycles.